The minimum Gasteiger partial charge on any atom is -0.393 e. The topological polar surface area (TPSA) is 96.8 Å². The number of hydrogen-bond donors (Lipinski definition) is 6. The van der Waals surface area contributed by atoms with Crippen LogP contribution >= 0.6 is 0 Å². The lowest BCUT2D eigenvalue weighted by Crippen LogP contribution is -2.65. The van der Waals surface area contributed by atoms with E-state index in [1.54, 1.807) is 20.8 Å². The fourth-order valence-corrected chi connectivity index (χ4v) is 2.65. The van der Waals surface area contributed by atoms with Crippen LogP contribution in [0.5, 0.6) is 0 Å². The van der Waals surface area contributed by atoms with Gasteiger partial charge in [0.2, 0.25) is 0 Å². The minimum atomic E-state index is -0.398. The van der Waals surface area contributed by atoms with E-state index >= 15 is 0 Å². The minimum absolute atomic E-state index is 0.0737. The summed E-state index contributed by atoms with van der Waals surface area (Å²) < 4.78 is 0. The molecule has 0 saturated carbocycles. The average molecular weight is 261 g/mol. The van der Waals surface area contributed by atoms with Crippen LogP contribution in [0.25, 0.3) is 0 Å². The van der Waals surface area contributed by atoms with Gasteiger partial charge >= 0.3 is 0 Å². The third-order valence-electron chi connectivity index (χ3n) is 3.35. The van der Waals surface area contributed by atoms with Gasteiger partial charge in [-0.2, -0.15) is 5.53 Å². The Bertz CT molecular complexity index is 219. The predicted molar refractivity (Wildman–Crippen MR) is 69.4 cm³/mol. The molecular weight excluding hydrogens is 234 g/mol. The van der Waals surface area contributed by atoms with Crippen molar-refractivity contribution in [3.8, 4) is 0 Å². The van der Waals surface area contributed by atoms with Crippen LogP contribution < -0.4 is 16.4 Å². The second-order valence-corrected chi connectivity index (χ2v) is 5.54. The van der Waals surface area contributed by atoms with Crippen LogP contribution in [-0.2, 0) is 0 Å². The van der Waals surface area contributed by atoms with Gasteiger partial charge in [-0.05, 0) is 46.0 Å². The van der Waals surface area contributed by atoms with Crippen molar-refractivity contribution < 1.29 is 15.3 Å². The molecule has 0 radical (unpaired) electrons. The summed E-state index contributed by atoms with van der Waals surface area (Å²) in [5, 5.41) is 28.7. The maximum absolute atomic E-state index is 9.61. The van der Waals surface area contributed by atoms with Crippen LogP contribution in [0.1, 0.15) is 40.0 Å². The molecule has 6 N–H and O–H groups in total. The van der Waals surface area contributed by atoms with E-state index in [1.165, 1.54) is 0 Å². The van der Waals surface area contributed by atoms with Gasteiger partial charge in [0.15, 0.2) is 0 Å². The summed E-state index contributed by atoms with van der Waals surface area (Å²) in [6, 6.07) is 0.147. The van der Waals surface area contributed by atoms with E-state index < -0.39 is 18.3 Å². The first-order chi connectivity index (χ1) is 8.40. The highest BCUT2D eigenvalue weighted by atomic mass is 16.3. The Morgan fingerprint density at radius 3 is 1.50 bits per heavy atom. The number of rotatable bonds is 6. The molecule has 1 heterocycles. The van der Waals surface area contributed by atoms with E-state index in [4.69, 9.17) is 0 Å². The lowest BCUT2D eigenvalue weighted by Gasteiger charge is -2.41. The van der Waals surface area contributed by atoms with E-state index in [2.05, 4.69) is 16.4 Å². The van der Waals surface area contributed by atoms with Gasteiger partial charge in [-0.25, -0.2) is 10.9 Å². The van der Waals surface area contributed by atoms with Gasteiger partial charge in [0.05, 0.1) is 18.3 Å². The Morgan fingerprint density at radius 2 is 1.17 bits per heavy atom. The molecule has 1 aliphatic rings. The quantitative estimate of drug-likeness (QED) is 0.377. The number of hydrazine groups is 2. The van der Waals surface area contributed by atoms with Gasteiger partial charge in [0, 0.05) is 12.1 Å². The molecule has 1 aliphatic heterocycles. The Hall–Kier alpha value is -0.240. The maximum Gasteiger partial charge on any atom is 0.0527 e. The molecule has 0 aliphatic carbocycles. The SMILES string of the molecule is CC(O)CC1NNNC(CC(C)O)C1CC(C)O. The number of nitrogens with one attached hydrogen (secondary N) is 3. The summed E-state index contributed by atoms with van der Waals surface area (Å²) >= 11 is 0. The van der Waals surface area contributed by atoms with Crippen molar-refractivity contribution in [2.45, 2.75) is 70.4 Å². The summed E-state index contributed by atoms with van der Waals surface area (Å²) in [6.07, 6.45) is 0.670. The predicted octanol–water partition coefficient (Wildman–Crippen LogP) is -0.735. The first-order valence-electron chi connectivity index (χ1n) is 6.70. The molecule has 5 unspecified atom stereocenters. The van der Waals surface area contributed by atoms with Crippen LogP contribution in [0.2, 0.25) is 0 Å². The van der Waals surface area contributed by atoms with Crippen LogP contribution in [0.3, 0.4) is 0 Å². The van der Waals surface area contributed by atoms with E-state index in [0.29, 0.717) is 19.3 Å². The third kappa shape index (κ3) is 5.17. The Labute approximate surface area is 109 Å². The van der Waals surface area contributed by atoms with Crippen molar-refractivity contribution in [3.05, 3.63) is 0 Å². The molecule has 1 saturated heterocycles. The number of aliphatic hydroxyl groups excluding tert-OH is 3. The highest BCUT2D eigenvalue weighted by Crippen LogP contribution is 2.24. The number of hydrogen-bond acceptors (Lipinski definition) is 6. The zero-order valence-corrected chi connectivity index (χ0v) is 11.4. The van der Waals surface area contributed by atoms with Crippen molar-refractivity contribution in [1.82, 2.24) is 16.4 Å². The average Bonchev–Trinajstić information content (AvgIpc) is 2.20. The molecule has 0 aromatic rings. The molecule has 6 nitrogen and oxygen atoms in total. The molecule has 0 bridgehead atoms. The molecular formula is C12H27N3O3. The van der Waals surface area contributed by atoms with Gasteiger partial charge in [-0.3, -0.25) is 0 Å². The molecule has 0 spiro atoms. The number of aliphatic hydroxyl groups is 3. The highest BCUT2D eigenvalue weighted by molar-refractivity contribution is 4.90. The monoisotopic (exact) mass is 261 g/mol. The second kappa shape index (κ2) is 7.37. The second-order valence-electron chi connectivity index (χ2n) is 5.54. The summed E-state index contributed by atoms with van der Waals surface area (Å²) in [7, 11) is 0. The summed E-state index contributed by atoms with van der Waals surface area (Å²) in [5.41, 5.74) is 9.09. The fourth-order valence-electron chi connectivity index (χ4n) is 2.65. The van der Waals surface area contributed by atoms with Crippen LogP contribution in [0.15, 0.2) is 0 Å². The molecule has 6 heteroatoms. The molecule has 18 heavy (non-hydrogen) atoms. The molecule has 0 aromatic heterocycles. The zero-order valence-electron chi connectivity index (χ0n) is 11.4. The van der Waals surface area contributed by atoms with Gasteiger partial charge < -0.3 is 15.3 Å². The van der Waals surface area contributed by atoms with E-state index in [0.717, 1.165) is 0 Å². The summed E-state index contributed by atoms with van der Waals surface area (Å²) in [4.78, 5) is 0. The largest absolute Gasteiger partial charge is 0.393 e. The zero-order chi connectivity index (χ0) is 13.7. The van der Waals surface area contributed by atoms with Crippen molar-refractivity contribution in [2.75, 3.05) is 0 Å². The molecule has 1 fully saturated rings. The standard InChI is InChI=1S/C12H27N3O3/c1-7(16)4-10-11(5-8(2)17)13-15-14-12(10)6-9(3)18/h7-18H,4-6H2,1-3H3. The van der Waals surface area contributed by atoms with Gasteiger partial charge in [0.25, 0.3) is 0 Å². The lowest BCUT2D eigenvalue weighted by atomic mass is 9.82. The molecule has 1 rings (SSSR count). The maximum atomic E-state index is 9.61. The summed E-state index contributed by atoms with van der Waals surface area (Å²) in [5.74, 6) is 0.162. The van der Waals surface area contributed by atoms with Crippen LogP contribution in [0, 0.1) is 5.92 Å². The smallest absolute Gasteiger partial charge is 0.0527 e. The Morgan fingerprint density at radius 1 is 0.778 bits per heavy atom. The van der Waals surface area contributed by atoms with Gasteiger partial charge in [0.1, 0.15) is 0 Å². The first kappa shape index (κ1) is 15.8. The van der Waals surface area contributed by atoms with Crippen molar-refractivity contribution >= 4 is 0 Å². The normalized spacial score (nSPS) is 34.0. The summed E-state index contributed by atoms with van der Waals surface area (Å²) in [6.45, 7) is 5.28. The van der Waals surface area contributed by atoms with E-state index in [-0.39, 0.29) is 18.0 Å². The molecule has 5 atom stereocenters. The van der Waals surface area contributed by atoms with E-state index in [1.807, 2.05) is 0 Å². The Balaban J connectivity index is 2.69. The first-order valence-corrected chi connectivity index (χ1v) is 6.70. The van der Waals surface area contributed by atoms with Crippen molar-refractivity contribution in [2.24, 2.45) is 5.92 Å². The van der Waals surface area contributed by atoms with Gasteiger partial charge in [-0.1, -0.05) is 0 Å². The van der Waals surface area contributed by atoms with Gasteiger partial charge in [-0.15, -0.1) is 0 Å². The third-order valence-corrected chi connectivity index (χ3v) is 3.35. The van der Waals surface area contributed by atoms with Crippen molar-refractivity contribution in [1.29, 1.82) is 0 Å². The fraction of sp³-hybridized carbons (Fsp3) is 1.00. The molecule has 108 valence electrons. The highest BCUT2D eigenvalue weighted by Gasteiger charge is 2.34. The lowest BCUT2D eigenvalue weighted by molar-refractivity contribution is 0.0426. The molecule has 0 aromatic carbocycles. The van der Waals surface area contributed by atoms with Crippen molar-refractivity contribution in [3.63, 3.8) is 0 Å². The Kier molecular flexibility index (Phi) is 6.48. The van der Waals surface area contributed by atoms with Crippen LogP contribution in [0.4, 0.5) is 0 Å². The van der Waals surface area contributed by atoms with Crippen LogP contribution in [-0.4, -0.2) is 45.7 Å². The van der Waals surface area contributed by atoms with E-state index in [9.17, 15) is 15.3 Å². The molecule has 0 amide bonds.